The summed E-state index contributed by atoms with van der Waals surface area (Å²) in [5, 5.41) is 0. The third-order valence-corrected chi connectivity index (χ3v) is 4.05. The summed E-state index contributed by atoms with van der Waals surface area (Å²) in [6.45, 7) is 9.16. The molecule has 0 aromatic heterocycles. The van der Waals surface area contributed by atoms with Gasteiger partial charge >= 0.3 is 0 Å². The van der Waals surface area contributed by atoms with Crippen LogP contribution in [0.15, 0.2) is 12.1 Å². The molecule has 2 amide bonds. The maximum atomic E-state index is 12.0. The van der Waals surface area contributed by atoms with Gasteiger partial charge in [-0.25, -0.2) is 0 Å². The quantitative estimate of drug-likeness (QED) is 0.752. The number of amides is 2. The zero-order valence-corrected chi connectivity index (χ0v) is 15.6. The standard InChI is InChI=1S/C19H28N2O3/c1-13-9-14(2)18(24-19(3,4)12-20(5)6)15(10-13)11-21-16(22)7-8-17(21)23/h9-10H,7-8,11-12H2,1-6H3. The summed E-state index contributed by atoms with van der Waals surface area (Å²) in [6.07, 6.45) is 0.623. The minimum Gasteiger partial charge on any atom is -0.486 e. The third kappa shape index (κ3) is 4.35. The lowest BCUT2D eigenvalue weighted by atomic mass is 10.0. The average molecular weight is 332 g/mol. The van der Waals surface area contributed by atoms with Crippen molar-refractivity contribution in [3.8, 4) is 5.75 Å². The second kappa shape index (κ2) is 6.93. The highest BCUT2D eigenvalue weighted by Crippen LogP contribution is 2.31. The maximum Gasteiger partial charge on any atom is 0.230 e. The lowest BCUT2D eigenvalue weighted by Crippen LogP contribution is -2.40. The van der Waals surface area contributed by atoms with E-state index in [1.165, 1.54) is 4.90 Å². The molecule has 24 heavy (non-hydrogen) atoms. The van der Waals surface area contributed by atoms with Crippen LogP contribution in [0.3, 0.4) is 0 Å². The number of hydrogen-bond acceptors (Lipinski definition) is 4. The fourth-order valence-electron chi connectivity index (χ4n) is 3.35. The lowest BCUT2D eigenvalue weighted by molar-refractivity contribution is -0.139. The molecule has 0 N–H and O–H groups in total. The Morgan fingerprint density at radius 3 is 2.25 bits per heavy atom. The summed E-state index contributed by atoms with van der Waals surface area (Å²) < 4.78 is 6.32. The molecule has 0 saturated carbocycles. The normalized spacial score (nSPS) is 15.5. The first-order valence-corrected chi connectivity index (χ1v) is 8.36. The van der Waals surface area contributed by atoms with Gasteiger partial charge < -0.3 is 9.64 Å². The minimum atomic E-state index is -0.378. The smallest absolute Gasteiger partial charge is 0.230 e. The van der Waals surface area contributed by atoms with E-state index in [2.05, 4.69) is 11.0 Å². The number of rotatable bonds is 6. The number of ether oxygens (including phenoxy) is 1. The van der Waals surface area contributed by atoms with E-state index in [0.29, 0.717) is 12.8 Å². The molecule has 0 aliphatic carbocycles. The molecule has 5 heteroatoms. The molecule has 132 valence electrons. The molecule has 1 heterocycles. The van der Waals surface area contributed by atoms with E-state index in [9.17, 15) is 9.59 Å². The van der Waals surface area contributed by atoms with Gasteiger partial charge in [-0.1, -0.05) is 17.7 Å². The molecule has 0 atom stereocenters. The minimum absolute atomic E-state index is 0.0994. The molecular formula is C19H28N2O3. The van der Waals surface area contributed by atoms with Crippen LogP contribution in [-0.2, 0) is 16.1 Å². The number of imide groups is 1. The summed E-state index contributed by atoms with van der Waals surface area (Å²) in [7, 11) is 4.02. The van der Waals surface area contributed by atoms with E-state index in [1.807, 2.05) is 47.9 Å². The fourth-order valence-corrected chi connectivity index (χ4v) is 3.35. The second-order valence-corrected chi connectivity index (χ2v) is 7.54. The summed E-state index contributed by atoms with van der Waals surface area (Å²) in [5.41, 5.74) is 2.63. The SMILES string of the molecule is Cc1cc(C)c(OC(C)(C)CN(C)C)c(CN2C(=O)CCC2=O)c1. The summed E-state index contributed by atoms with van der Waals surface area (Å²) >= 11 is 0. The molecule has 2 rings (SSSR count). The lowest BCUT2D eigenvalue weighted by Gasteiger charge is -2.32. The van der Waals surface area contributed by atoms with Crippen molar-refractivity contribution >= 4 is 11.8 Å². The van der Waals surface area contributed by atoms with Gasteiger partial charge in [0, 0.05) is 24.9 Å². The van der Waals surface area contributed by atoms with Gasteiger partial charge in [0.2, 0.25) is 11.8 Å². The first-order chi connectivity index (χ1) is 11.1. The Hall–Kier alpha value is -1.88. The molecule has 1 fully saturated rings. The van der Waals surface area contributed by atoms with Crippen LogP contribution in [0.25, 0.3) is 0 Å². The van der Waals surface area contributed by atoms with Crippen molar-refractivity contribution in [3.63, 3.8) is 0 Å². The molecule has 1 aliphatic rings. The zero-order chi connectivity index (χ0) is 18.1. The highest BCUT2D eigenvalue weighted by Gasteiger charge is 2.31. The van der Waals surface area contributed by atoms with Gasteiger partial charge in [-0.2, -0.15) is 0 Å². The van der Waals surface area contributed by atoms with E-state index in [4.69, 9.17) is 4.74 Å². The van der Waals surface area contributed by atoms with E-state index in [0.717, 1.165) is 29.0 Å². The fraction of sp³-hybridized carbons (Fsp3) is 0.579. The van der Waals surface area contributed by atoms with Crippen molar-refractivity contribution in [2.24, 2.45) is 0 Å². The number of carbonyl (C=O) groups excluding carboxylic acids is 2. The molecule has 0 spiro atoms. The first kappa shape index (κ1) is 18.5. The van der Waals surface area contributed by atoms with Crippen LogP contribution in [0, 0.1) is 13.8 Å². The largest absolute Gasteiger partial charge is 0.486 e. The molecule has 0 bridgehead atoms. The Labute approximate surface area is 144 Å². The van der Waals surface area contributed by atoms with Gasteiger partial charge in [-0.3, -0.25) is 14.5 Å². The van der Waals surface area contributed by atoms with Gasteiger partial charge in [-0.15, -0.1) is 0 Å². The Morgan fingerprint density at radius 1 is 1.12 bits per heavy atom. The number of benzene rings is 1. The number of hydrogen-bond donors (Lipinski definition) is 0. The van der Waals surface area contributed by atoms with Crippen molar-refractivity contribution in [2.75, 3.05) is 20.6 Å². The summed E-state index contributed by atoms with van der Waals surface area (Å²) in [5.74, 6) is 0.579. The van der Waals surface area contributed by atoms with Gasteiger partial charge in [0.15, 0.2) is 0 Å². The highest BCUT2D eigenvalue weighted by molar-refractivity contribution is 6.01. The van der Waals surface area contributed by atoms with E-state index >= 15 is 0 Å². The number of aryl methyl sites for hydroxylation is 2. The second-order valence-electron chi connectivity index (χ2n) is 7.54. The van der Waals surface area contributed by atoms with Crippen LogP contribution in [0.1, 0.15) is 43.4 Å². The third-order valence-electron chi connectivity index (χ3n) is 4.05. The van der Waals surface area contributed by atoms with E-state index in [1.54, 1.807) is 0 Å². The molecule has 1 aromatic rings. The summed E-state index contributed by atoms with van der Waals surface area (Å²) in [6, 6.07) is 4.07. The van der Waals surface area contributed by atoms with Crippen LogP contribution in [0.4, 0.5) is 0 Å². The van der Waals surface area contributed by atoms with Gasteiger partial charge in [-0.05, 0) is 47.4 Å². The Kier molecular flexibility index (Phi) is 5.33. The number of likely N-dealkylation sites (N-methyl/N-ethyl adjacent to an activating group) is 1. The predicted octanol–water partition coefficient (Wildman–Crippen LogP) is 2.67. The molecular weight excluding hydrogens is 304 g/mol. The zero-order valence-electron chi connectivity index (χ0n) is 15.6. The Balaban J connectivity index is 2.33. The van der Waals surface area contributed by atoms with Gasteiger partial charge in [0.1, 0.15) is 11.4 Å². The molecule has 1 saturated heterocycles. The van der Waals surface area contributed by atoms with Crippen LogP contribution < -0.4 is 4.74 Å². The topological polar surface area (TPSA) is 49.9 Å². The van der Waals surface area contributed by atoms with E-state index < -0.39 is 0 Å². The molecule has 1 aromatic carbocycles. The average Bonchev–Trinajstić information content (AvgIpc) is 2.73. The maximum absolute atomic E-state index is 12.0. The van der Waals surface area contributed by atoms with Gasteiger partial charge in [0.05, 0.1) is 6.54 Å². The molecule has 0 radical (unpaired) electrons. The molecule has 5 nitrogen and oxygen atoms in total. The van der Waals surface area contributed by atoms with Crippen molar-refractivity contribution in [1.82, 2.24) is 9.80 Å². The Morgan fingerprint density at radius 2 is 1.71 bits per heavy atom. The molecule has 0 unspecified atom stereocenters. The first-order valence-electron chi connectivity index (χ1n) is 8.36. The van der Waals surface area contributed by atoms with Crippen molar-refractivity contribution in [1.29, 1.82) is 0 Å². The molecule has 1 aliphatic heterocycles. The summed E-state index contributed by atoms with van der Waals surface area (Å²) in [4.78, 5) is 27.3. The van der Waals surface area contributed by atoms with Crippen molar-refractivity contribution in [3.05, 3.63) is 28.8 Å². The van der Waals surface area contributed by atoms with Crippen molar-refractivity contribution in [2.45, 2.75) is 52.7 Å². The van der Waals surface area contributed by atoms with Crippen LogP contribution >= 0.6 is 0 Å². The predicted molar refractivity (Wildman–Crippen MR) is 94.0 cm³/mol. The van der Waals surface area contributed by atoms with Crippen molar-refractivity contribution < 1.29 is 14.3 Å². The van der Waals surface area contributed by atoms with Crippen LogP contribution in [0.2, 0.25) is 0 Å². The highest BCUT2D eigenvalue weighted by atomic mass is 16.5. The Bertz CT molecular complexity index is 634. The van der Waals surface area contributed by atoms with Gasteiger partial charge in [0.25, 0.3) is 0 Å². The van der Waals surface area contributed by atoms with Crippen LogP contribution in [0.5, 0.6) is 5.75 Å². The monoisotopic (exact) mass is 332 g/mol. The number of nitrogens with zero attached hydrogens (tertiary/aromatic N) is 2. The number of likely N-dealkylation sites (tertiary alicyclic amines) is 1. The number of carbonyl (C=O) groups is 2. The van der Waals surface area contributed by atoms with Crippen LogP contribution in [-0.4, -0.2) is 47.9 Å². The van der Waals surface area contributed by atoms with E-state index in [-0.39, 0.29) is 24.0 Å².